The Balaban J connectivity index is 1.51. The highest BCUT2D eigenvalue weighted by Crippen LogP contribution is 2.30. The van der Waals surface area contributed by atoms with Crippen molar-refractivity contribution in [2.45, 2.75) is 26.5 Å². The first-order valence-electron chi connectivity index (χ1n) is 11.9. The van der Waals surface area contributed by atoms with Crippen molar-refractivity contribution >= 4 is 17.1 Å². The molecule has 0 radical (unpaired) electrons. The van der Waals surface area contributed by atoms with Crippen molar-refractivity contribution in [2.75, 3.05) is 20.8 Å². The van der Waals surface area contributed by atoms with Crippen LogP contribution in [0.5, 0.6) is 23.0 Å². The average molecular weight is 485 g/mol. The van der Waals surface area contributed by atoms with E-state index in [0.717, 1.165) is 34.4 Å². The van der Waals surface area contributed by atoms with Crippen LogP contribution < -0.4 is 18.9 Å². The predicted molar refractivity (Wildman–Crippen MR) is 144 cm³/mol. The summed E-state index contributed by atoms with van der Waals surface area (Å²) in [5.41, 5.74) is 4.13. The molecule has 4 rings (SSSR count). The molecule has 0 aliphatic rings. The summed E-state index contributed by atoms with van der Waals surface area (Å²) >= 11 is 0. The van der Waals surface area contributed by atoms with E-state index >= 15 is 0 Å². The van der Waals surface area contributed by atoms with Gasteiger partial charge in [0.05, 0.1) is 31.8 Å². The molecule has 1 aromatic heterocycles. The number of rotatable bonds is 12. The predicted octanol–water partition coefficient (Wildman–Crippen LogP) is 6.47. The Hall–Kier alpha value is -4.19. The molecule has 0 aliphatic heterocycles. The van der Waals surface area contributed by atoms with Crippen molar-refractivity contribution in [3.05, 3.63) is 96.3 Å². The first-order valence-corrected chi connectivity index (χ1v) is 11.9. The third kappa shape index (κ3) is 5.71. The van der Waals surface area contributed by atoms with E-state index in [1.807, 2.05) is 79.7 Å². The number of methoxy groups -OCH3 is 2. The number of aromatic nitrogens is 2. The summed E-state index contributed by atoms with van der Waals surface area (Å²) in [7, 11) is 3.30. The lowest BCUT2D eigenvalue weighted by molar-refractivity contribution is 0.257. The highest BCUT2D eigenvalue weighted by atomic mass is 16.5. The molecule has 36 heavy (non-hydrogen) atoms. The number of nitrogens with zero attached hydrogens (tertiary/aromatic N) is 2. The Morgan fingerprint density at radius 2 is 1.64 bits per heavy atom. The van der Waals surface area contributed by atoms with E-state index in [-0.39, 0.29) is 0 Å². The lowest BCUT2D eigenvalue weighted by Gasteiger charge is -2.15. The summed E-state index contributed by atoms with van der Waals surface area (Å²) < 4.78 is 25.5. The largest absolute Gasteiger partial charge is 0.493 e. The molecular weight excluding hydrogens is 452 g/mol. The zero-order chi connectivity index (χ0) is 25.3. The second kappa shape index (κ2) is 12.0. The Morgan fingerprint density at radius 3 is 2.42 bits per heavy atom. The highest BCUT2D eigenvalue weighted by molar-refractivity contribution is 5.75. The van der Waals surface area contributed by atoms with Gasteiger partial charge in [0.2, 0.25) is 0 Å². The monoisotopic (exact) mass is 484 g/mol. The lowest BCUT2D eigenvalue weighted by atomic mass is 10.1. The minimum atomic E-state index is 0.299. The average Bonchev–Trinajstić information content (AvgIpc) is 3.26. The van der Waals surface area contributed by atoms with E-state index in [1.165, 1.54) is 0 Å². The molecule has 4 aromatic rings. The van der Waals surface area contributed by atoms with Gasteiger partial charge in [-0.15, -0.1) is 6.58 Å². The quantitative estimate of drug-likeness (QED) is 0.216. The zero-order valence-corrected chi connectivity index (χ0v) is 21.1. The second-order valence-electron chi connectivity index (χ2n) is 8.19. The number of benzene rings is 3. The topological polar surface area (TPSA) is 54.7 Å². The van der Waals surface area contributed by atoms with Gasteiger partial charge in [0.15, 0.2) is 23.0 Å². The van der Waals surface area contributed by atoms with Crippen molar-refractivity contribution in [1.82, 2.24) is 9.55 Å². The third-order valence-corrected chi connectivity index (χ3v) is 5.82. The van der Waals surface area contributed by atoms with Crippen LogP contribution in [0, 0.1) is 0 Å². The van der Waals surface area contributed by atoms with Gasteiger partial charge in [0.1, 0.15) is 19.0 Å². The van der Waals surface area contributed by atoms with Gasteiger partial charge < -0.3 is 23.5 Å². The molecule has 0 fully saturated rings. The van der Waals surface area contributed by atoms with Crippen molar-refractivity contribution < 1.29 is 18.9 Å². The molecule has 6 heteroatoms. The maximum Gasteiger partial charge on any atom is 0.161 e. The summed E-state index contributed by atoms with van der Waals surface area (Å²) in [5, 5.41) is 0. The fourth-order valence-electron chi connectivity index (χ4n) is 4.10. The maximum atomic E-state index is 6.15. The molecule has 0 spiro atoms. The molecule has 1 heterocycles. The number of imidazole rings is 1. The molecule has 186 valence electrons. The summed E-state index contributed by atoms with van der Waals surface area (Å²) in [5.74, 6) is 3.58. The van der Waals surface area contributed by atoms with Crippen LogP contribution in [0.1, 0.15) is 23.9 Å². The fraction of sp³-hybridized carbons (Fsp3) is 0.233. The van der Waals surface area contributed by atoms with E-state index in [9.17, 15) is 0 Å². The molecule has 0 saturated carbocycles. The van der Waals surface area contributed by atoms with Gasteiger partial charge in [-0.1, -0.05) is 42.5 Å². The summed E-state index contributed by atoms with van der Waals surface area (Å²) in [6.45, 7) is 7.14. The minimum absolute atomic E-state index is 0.299. The zero-order valence-electron chi connectivity index (χ0n) is 21.1. The van der Waals surface area contributed by atoms with E-state index in [0.29, 0.717) is 42.8 Å². The van der Waals surface area contributed by atoms with Gasteiger partial charge >= 0.3 is 0 Å². The van der Waals surface area contributed by atoms with Crippen LogP contribution in [-0.4, -0.2) is 30.4 Å². The number of hydrogen-bond donors (Lipinski definition) is 0. The number of ether oxygens (including phenoxy) is 4. The number of para-hydroxylation sites is 2. The van der Waals surface area contributed by atoms with Crippen molar-refractivity contribution in [2.24, 2.45) is 0 Å². The van der Waals surface area contributed by atoms with Crippen LogP contribution in [0.3, 0.4) is 0 Å². The van der Waals surface area contributed by atoms with E-state index < -0.39 is 0 Å². The van der Waals surface area contributed by atoms with Crippen molar-refractivity contribution in [1.29, 1.82) is 0 Å². The lowest BCUT2D eigenvalue weighted by Crippen LogP contribution is -2.13. The molecule has 0 bridgehead atoms. The Morgan fingerprint density at radius 1 is 0.889 bits per heavy atom. The summed E-state index contributed by atoms with van der Waals surface area (Å²) in [4.78, 5) is 4.82. The van der Waals surface area contributed by atoms with Gasteiger partial charge in [-0.05, 0) is 60.9 Å². The smallest absolute Gasteiger partial charge is 0.161 e. The van der Waals surface area contributed by atoms with Crippen LogP contribution in [0.4, 0.5) is 0 Å². The number of fused-ring (bicyclic) bond motifs is 1. The molecule has 0 aliphatic carbocycles. The molecule has 0 unspecified atom stereocenters. The maximum absolute atomic E-state index is 6.15. The van der Waals surface area contributed by atoms with Crippen LogP contribution in [0.15, 0.2) is 79.4 Å². The van der Waals surface area contributed by atoms with Crippen LogP contribution in [0.2, 0.25) is 0 Å². The second-order valence-corrected chi connectivity index (χ2v) is 8.19. The number of hydrogen-bond acceptors (Lipinski definition) is 5. The molecular formula is C30H32N2O4. The van der Waals surface area contributed by atoms with Crippen molar-refractivity contribution in [3.63, 3.8) is 0 Å². The van der Waals surface area contributed by atoms with Crippen LogP contribution >= 0.6 is 0 Å². The highest BCUT2D eigenvalue weighted by Gasteiger charge is 2.14. The van der Waals surface area contributed by atoms with E-state index in [1.54, 1.807) is 14.2 Å². The molecule has 0 amide bonds. The number of allylic oxidation sites excluding steroid dienone is 2. The SMILES string of the molecule is C=CCc1ccc(OCc2nc3ccccc3n2CCOc2ccc(/C=C/C)cc2OC)c(OC)c1. The Kier molecular flexibility index (Phi) is 8.29. The van der Waals surface area contributed by atoms with Crippen LogP contribution in [0.25, 0.3) is 17.1 Å². The van der Waals surface area contributed by atoms with E-state index in [4.69, 9.17) is 23.9 Å². The Bertz CT molecular complexity index is 1360. The normalized spacial score (nSPS) is 11.1. The first-order chi connectivity index (χ1) is 17.7. The van der Waals surface area contributed by atoms with Gasteiger partial charge in [0, 0.05) is 0 Å². The molecule has 0 N–H and O–H groups in total. The van der Waals surface area contributed by atoms with Gasteiger partial charge in [-0.2, -0.15) is 0 Å². The molecule has 6 nitrogen and oxygen atoms in total. The van der Waals surface area contributed by atoms with Crippen molar-refractivity contribution in [3.8, 4) is 23.0 Å². The van der Waals surface area contributed by atoms with Crippen LogP contribution in [-0.2, 0) is 19.6 Å². The fourth-order valence-corrected chi connectivity index (χ4v) is 4.10. The first kappa shape index (κ1) is 24.9. The van der Waals surface area contributed by atoms with Gasteiger partial charge in [-0.25, -0.2) is 4.98 Å². The minimum Gasteiger partial charge on any atom is -0.493 e. The molecule has 0 saturated heterocycles. The molecule has 0 atom stereocenters. The summed E-state index contributed by atoms with van der Waals surface area (Å²) in [6, 6.07) is 19.9. The molecule has 3 aromatic carbocycles. The van der Waals surface area contributed by atoms with Gasteiger partial charge in [0.25, 0.3) is 0 Å². The van der Waals surface area contributed by atoms with E-state index in [2.05, 4.69) is 17.2 Å². The summed E-state index contributed by atoms with van der Waals surface area (Å²) in [6.07, 6.45) is 6.66. The third-order valence-electron chi connectivity index (χ3n) is 5.82. The Labute approximate surface area is 212 Å². The van der Waals surface area contributed by atoms with Gasteiger partial charge in [-0.3, -0.25) is 0 Å². The standard InChI is InChI=1S/C30H32N2O4/c1-5-9-22-13-15-26(28(19-22)33-3)35-18-17-32-25-12-8-7-11-24(25)31-30(32)21-36-27-16-14-23(10-6-2)20-29(27)34-4/h5-9,11-16,19-20H,2,10,17-18,21H2,1,3-4H3/b9-5+.